The summed E-state index contributed by atoms with van der Waals surface area (Å²) in [6, 6.07) is 3.96. The number of H-pyrrole nitrogens is 1. The van der Waals surface area contributed by atoms with Crippen LogP contribution in [0, 0.1) is 0 Å². The molecule has 0 radical (unpaired) electrons. The first-order valence-corrected chi connectivity index (χ1v) is 6.11. The van der Waals surface area contributed by atoms with Crippen LogP contribution in [-0.4, -0.2) is 4.98 Å². The minimum Gasteiger partial charge on any atom is -0.465 e. The summed E-state index contributed by atoms with van der Waals surface area (Å²) in [5, 5.41) is 5.04. The first kappa shape index (κ1) is 11.2. The van der Waals surface area contributed by atoms with E-state index in [0.29, 0.717) is 13.1 Å². The lowest BCUT2D eigenvalue weighted by molar-refractivity contribution is 0.449. The number of nitrogens with one attached hydrogen (secondary N) is 2. The minimum atomic E-state index is -0.0110. The van der Waals surface area contributed by atoms with Crippen LogP contribution in [0.4, 0.5) is 0 Å². The van der Waals surface area contributed by atoms with Crippen molar-refractivity contribution in [2.24, 2.45) is 0 Å². The largest absolute Gasteiger partial charge is 0.465 e. The first-order valence-electron chi connectivity index (χ1n) is 5.23. The molecule has 2 aromatic rings. The lowest BCUT2D eigenvalue weighted by atomic mass is 10.3. The van der Waals surface area contributed by atoms with E-state index in [-0.39, 0.29) is 4.87 Å². The van der Waals surface area contributed by atoms with Gasteiger partial charge in [-0.3, -0.25) is 4.79 Å². The lowest BCUT2D eigenvalue weighted by Crippen LogP contribution is -2.13. The summed E-state index contributed by atoms with van der Waals surface area (Å²) in [5.74, 6) is 1.93. The second-order valence-corrected chi connectivity index (χ2v) is 4.34. The molecule has 0 fully saturated rings. The highest BCUT2D eigenvalue weighted by Crippen LogP contribution is 2.08. The minimum absolute atomic E-state index is 0.0110. The summed E-state index contributed by atoms with van der Waals surface area (Å²) in [4.78, 5) is 13.6. The van der Waals surface area contributed by atoms with E-state index in [1.54, 1.807) is 0 Å². The molecule has 0 bridgehead atoms. The maximum atomic E-state index is 10.9. The molecule has 0 aliphatic heterocycles. The Kier molecular flexibility index (Phi) is 3.58. The van der Waals surface area contributed by atoms with Gasteiger partial charge in [-0.15, -0.1) is 0 Å². The maximum Gasteiger partial charge on any atom is 0.304 e. The molecule has 2 heterocycles. The molecule has 0 unspecified atom stereocenters. The van der Waals surface area contributed by atoms with Crippen molar-refractivity contribution in [3.63, 3.8) is 0 Å². The molecule has 86 valence electrons. The lowest BCUT2D eigenvalue weighted by Gasteiger charge is -1.99. The number of thiazole rings is 1. The van der Waals surface area contributed by atoms with E-state index in [4.69, 9.17) is 4.42 Å². The second kappa shape index (κ2) is 5.14. The number of hydrogen-bond acceptors (Lipinski definition) is 4. The molecule has 2 aromatic heterocycles. The Morgan fingerprint density at radius 1 is 1.38 bits per heavy atom. The van der Waals surface area contributed by atoms with Gasteiger partial charge in [-0.2, -0.15) is 0 Å². The van der Waals surface area contributed by atoms with Gasteiger partial charge in [0, 0.05) is 24.0 Å². The second-order valence-electron chi connectivity index (χ2n) is 3.50. The summed E-state index contributed by atoms with van der Waals surface area (Å²) < 4.78 is 5.54. The molecule has 0 aliphatic carbocycles. The van der Waals surface area contributed by atoms with Gasteiger partial charge >= 0.3 is 4.87 Å². The van der Waals surface area contributed by atoms with Crippen LogP contribution in [-0.2, 0) is 19.5 Å². The Morgan fingerprint density at radius 3 is 2.81 bits per heavy atom. The highest BCUT2D eigenvalue weighted by atomic mass is 32.1. The molecule has 0 saturated heterocycles. The molecular formula is C11H14N2O2S. The van der Waals surface area contributed by atoms with Gasteiger partial charge in [-0.25, -0.2) is 0 Å². The van der Waals surface area contributed by atoms with E-state index >= 15 is 0 Å². The van der Waals surface area contributed by atoms with Gasteiger partial charge in [0.1, 0.15) is 11.5 Å². The Bertz CT molecular complexity index is 498. The fourth-order valence-corrected chi connectivity index (χ4v) is 2.01. The van der Waals surface area contributed by atoms with Crippen LogP contribution >= 0.6 is 11.3 Å². The van der Waals surface area contributed by atoms with Crippen molar-refractivity contribution in [3.05, 3.63) is 44.4 Å². The van der Waals surface area contributed by atoms with Crippen molar-refractivity contribution in [1.82, 2.24) is 10.3 Å². The molecular weight excluding hydrogens is 224 g/mol. The van der Waals surface area contributed by atoms with Crippen LogP contribution < -0.4 is 10.2 Å². The molecule has 2 rings (SSSR count). The molecule has 5 heteroatoms. The molecule has 0 spiro atoms. The fourth-order valence-electron chi connectivity index (χ4n) is 1.43. The molecule has 0 amide bonds. The summed E-state index contributed by atoms with van der Waals surface area (Å²) in [7, 11) is 0. The molecule has 0 saturated carbocycles. The standard InChI is InChI=1S/C11H14N2O2S/c1-2-9-3-4-10(15-9)6-12-5-8-7-16-11(14)13-8/h3-4,7,12H,2,5-6H2,1H3,(H,13,14). The molecule has 4 nitrogen and oxygen atoms in total. The van der Waals surface area contributed by atoms with E-state index in [9.17, 15) is 4.79 Å². The normalized spacial score (nSPS) is 10.8. The molecule has 0 aliphatic rings. The van der Waals surface area contributed by atoms with Crippen LogP contribution in [0.3, 0.4) is 0 Å². The summed E-state index contributed by atoms with van der Waals surface area (Å²) in [6.07, 6.45) is 0.915. The molecule has 0 atom stereocenters. The van der Waals surface area contributed by atoms with Crippen molar-refractivity contribution >= 4 is 11.3 Å². The van der Waals surface area contributed by atoms with E-state index in [0.717, 1.165) is 23.6 Å². The summed E-state index contributed by atoms with van der Waals surface area (Å²) in [6.45, 7) is 3.39. The van der Waals surface area contributed by atoms with Crippen molar-refractivity contribution in [1.29, 1.82) is 0 Å². The first-order chi connectivity index (χ1) is 7.78. The quantitative estimate of drug-likeness (QED) is 0.836. The zero-order valence-electron chi connectivity index (χ0n) is 9.08. The number of aromatic amines is 1. The van der Waals surface area contributed by atoms with Crippen LogP contribution in [0.15, 0.2) is 26.7 Å². The van der Waals surface area contributed by atoms with Crippen LogP contribution in [0.2, 0.25) is 0 Å². The van der Waals surface area contributed by atoms with E-state index < -0.39 is 0 Å². The van der Waals surface area contributed by atoms with Crippen molar-refractivity contribution < 1.29 is 4.42 Å². The van der Waals surface area contributed by atoms with Crippen molar-refractivity contribution in [2.45, 2.75) is 26.4 Å². The number of aromatic nitrogens is 1. The maximum absolute atomic E-state index is 10.9. The van der Waals surface area contributed by atoms with E-state index in [1.807, 2.05) is 17.5 Å². The van der Waals surface area contributed by atoms with Gasteiger partial charge in [-0.1, -0.05) is 18.3 Å². The fraction of sp³-hybridized carbons (Fsp3) is 0.364. The van der Waals surface area contributed by atoms with Gasteiger partial charge in [0.05, 0.1) is 6.54 Å². The molecule has 0 aromatic carbocycles. The zero-order valence-corrected chi connectivity index (χ0v) is 9.89. The van der Waals surface area contributed by atoms with Crippen molar-refractivity contribution in [3.8, 4) is 0 Å². The Morgan fingerprint density at radius 2 is 2.19 bits per heavy atom. The van der Waals surface area contributed by atoms with Gasteiger partial charge in [-0.05, 0) is 12.1 Å². The SMILES string of the molecule is CCc1ccc(CNCc2csc(=O)[nH]2)o1. The third-order valence-electron chi connectivity index (χ3n) is 2.25. The summed E-state index contributed by atoms with van der Waals surface area (Å²) >= 11 is 1.18. The van der Waals surface area contributed by atoms with E-state index in [1.165, 1.54) is 11.3 Å². The van der Waals surface area contributed by atoms with Gasteiger partial charge in [0.15, 0.2) is 0 Å². The van der Waals surface area contributed by atoms with Gasteiger partial charge in [0.25, 0.3) is 0 Å². The van der Waals surface area contributed by atoms with Gasteiger partial charge < -0.3 is 14.7 Å². The van der Waals surface area contributed by atoms with E-state index in [2.05, 4.69) is 17.2 Å². The number of hydrogen-bond donors (Lipinski definition) is 2. The van der Waals surface area contributed by atoms with Gasteiger partial charge in [0.2, 0.25) is 0 Å². The number of aryl methyl sites for hydroxylation is 1. The van der Waals surface area contributed by atoms with Crippen molar-refractivity contribution in [2.75, 3.05) is 0 Å². The monoisotopic (exact) mass is 238 g/mol. The van der Waals surface area contributed by atoms with Crippen LogP contribution in [0.5, 0.6) is 0 Å². The predicted molar refractivity (Wildman–Crippen MR) is 63.6 cm³/mol. The number of furan rings is 1. The summed E-state index contributed by atoms with van der Waals surface area (Å²) in [5.41, 5.74) is 0.914. The van der Waals surface area contributed by atoms with Crippen LogP contribution in [0.25, 0.3) is 0 Å². The molecule has 2 N–H and O–H groups in total. The highest BCUT2D eigenvalue weighted by molar-refractivity contribution is 7.07. The average molecular weight is 238 g/mol. The third kappa shape index (κ3) is 2.84. The zero-order chi connectivity index (χ0) is 11.4. The third-order valence-corrected chi connectivity index (χ3v) is 2.97. The highest BCUT2D eigenvalue weighted by Gasteiger charge is 2.00. The topological polar surface area (TPSA) is 58.0 Å². The smallest absolute Gasteiger partial charge is 0.304 e. The van der Waals surface area contributed by atoms with Crippen LogP contribution in [0.1, 0.15) is 24.1 Å². The molecule has 16 heavy (non-hydrogen) atoms. The predicted octanol–water partition coefficient (Wildman–Crippen LogP) is 1.88. The Labute approximate surface area is 97.3 Å². The Balaban J connectivity index is 1.81. The number of rotatable bonds is 5. The average Bonchev–Trinajstić information content (AvgIpc) is 2.88. The Hall–Kier alpha value is -1.33.